The molecule has 1 amide bonds. The zero-order valence-electron chi connectivity index (χ0n) is 14.1. The molecule has 4 nitrogen and oxygen atoms in total. The van der Waals surface area contributed by atoms with Gasteiger partial charge in [0.15, 0.2) is 5.78 Å². The standard InChI is InChI=1S/C20H23NO3/c1-12-4-5-16-14(10-12)15(22)11-20(24-16)7-6-13-17(18(13)20)19(23)21-8-2-3-9-21/h4-5,10,13,17-18H,2-3,6-9,11H2,1H3. The molecule has 0 N–H and O–H groups in total. The molecule has 3 fully saturated rings. The van der Waals surface area contributed by atoms with Crippen LogP contribution in [0.5, 0.6) is 5.75 Å². The molecule has 2 saturated carbocycles. The van der Waals surface area contributed by atoms with Gasteiger partial charge >= 0.3 is 0 Å². The predicted octanol–water partition coefficient (Wildman–Crippen LogP) is 2.98. The number of nitrogens with zero attached hydrogens (tertiary/aromatic N) is 1. The Morgan fingerprint density at radius 1 is 1.29 bits per heavy atom. The van der Waals surface area contributed by atoms with Crippen LogP contribution in [-0.2, 0) is 4.79 Å². The third-order valence-electron chi connectivity index (χ3n) is 6.59. The summed E-state index contributed by atoms with van der Waals surface area (Å²) in [5.41, 5.74) is 1.37. The minimum Gasteiger partial charge on any atom is -0.486 e. The highest BCUT2D eigenvalue weighted by Crippen LogP contribution is 2.66. The van der Waals surface area contributed by atoms with Crippen LogP contribution in [0.2, 0.25) is 0 Å². The van der Waals surface area contributed by atoms with Crippen LogP contribution < -0.4 is 4.74 Å². The lowest BCUT2D eigenvalue weighted by Crippen LogP contribution is -2.44. The first-order valence-corrected chi connectivity index (χ1v) is 9.21. The fourth-order valence-corrected chi connectivity index (χ4v) is 5.41. The number of ketones is 1. The summed E-state index contributed by atoms with van der Waals surface area (Å²) in [6, 6.07) is 5.85. The normalized spacial score (nSPS) is 36.5. The van der Waals surface area contributed by atoms with Gasteiger partial charge in [-0.05, 0) is 50.7 Å². The lowest BCUT2D eigenvalue weighted by atomic mass is 9.84. The van der Waals surface area contributed by atoms with E-state index in [0.29, 0.717) is 23.8 Å². The van der Waals surface area contributed by atoms with Crippen LogP contribution in [0.15, 0.2) is 18.2 Å². The number of hydrogen-bond acceptors (Lipinski definition) is 3. The van der Waals surface area contributed by atoms with Gasteiger partial charge in [-0.15, -0.1) is 0 Å². The number of benzene rings is 1. The molecule has 4 heteroatoms. The molecule has 0 radical (unpaired) electrons. The van der Waals surface area contributed by atoms with Crippen molar-refractivity contribution in [2.75, 3.05) is 13.1 Å². The number of rotatable bonds is 1. The van der Waals surface area contributed by atoms with Crippen molar-refractivity contribution < 1.29 is 14.3 Å². The molecule has 2 aliphatic carbocycles. The minimum absolute atomic E-state index is 0.0941. The predicted molar refractivity (Wildman–Crippen MR) is 89.0 cm³/mol. The van der Waals surface area contributed by atoms with Gasteiger partial charge in [0.25, 0.3) is 0 Å². The van der Waals surface area contributed by atoms with Gasteiger partial charge in [-0.1, -0.05) is 11.6 Å². The second-order valence-corrected chi connectivity index (χ2v) is 8.05. The molecule has 126 valence electrons. The monoisotopic (exact) mass is 325 g/mol. The molecule has 4 atom stereocenters. The van der Waals surface area contributed by atoms with Crippen LogP contribution in [0.1, 0.15) is 48.0 Å². The van der Waals surface area contributed by atoms with Gasteiger partial charge < -0.3 is 9.64 Å². The quantitative estimate of drug-likeness (QED) is 0.797. The van der Waals surface area contributed by atoms with E-state index in [4.69, 9.17) is 4.74 Å². The first-order chi connectivity index (χ1) is 11.6. The summed E-state index contributed by atoms with van der Waals surface area (Å²) in [4.78, 5) is 27.6. The lowest BCUT2D eigenvalue weighted by Gasteiger charge is -2.37. The average molecular weight is 325 g/mol. The summed E-state index contributed by atoms with van der Waals surface area (Å²) in [6.45, 7) is 3.81. The molecule has 24 heavy (non-hydrogen) atoms. The zero-order valence-corrected chi connectivity index (χ0v) is 14.1. The van der Waals surface area contributed by atoms with Crippen LogP contribution in [0.4, 0.5) is 0 Å². The molecule has 1 aromatic carbocycles. The highest BCUT2D eigenvalue weighted by molar-refractivity contribution is 6.01. The average Bonchev–Trinajstić information content (AvgIpc) is 2.90. The molecule has 0 bridgehead atoms. The molecule has 1 spiro atoms. The summed E-state index contributed by atoms with van der Waals surface area (Å²) in [6.07, 6.45) is 4.62. The van der Waals surface area contributed by atoms with Crippen molar-refractivity contribution in [3.8, 4) is 5.75 Å². The van der Waals surface area contributed by atoms with E-state index < -0.39 is 5.60 Å². The number of Topliss-reactive ketones (excluding diaryl/α,β-unsaturated/α-hetero) is 1. The first-order valence-electron chi connectivity index (χ1n) is 9.21. The molecule has 0 aromatic heterocycles. The Morgan fingerprint density at radius 3 is 2.88 bits per heavy atom. The van der Waals surface area contributed by atoms with Crippen LogP contribution in [-0.4, -0.2) is 35.3 Å². The number of aryl methyl sites for hydroxylation is 1. The van der Waals surface area contributed by atoms with Gasteiger partial charge in [0.2, 0.25) is 5.91 Å². The van der Waals surface area contributed by atoms with Crippen molar-refractivity contribution in [1.29, 1.82) is 0 Å². The number of carbonyl (C=O) groups excluding carboxylic acids is 2. The third-order valence-corrected chi connectivity index (χ3v) is 6.59. The molecule has 2 heterocycles. The number of likely N-dealkylation sites (tertiary alicyclic amines) is 1. The number of hydrogen-bond donors (Lipinski definition) is 0. The Hall–Kier alpha value is -1.84. The van der Waals surface area contributed by atoms with Gasteiger partial charge in [0.1, 0.15) is 11.4 Å². The maximum absolute atomic E-state index is 12.8. The van der Waals surface area contributed by atoms with Crippen molar-refractivity contribution in [2.24, 2.45) is 17.8 Å². The molecule has 1 saturated heterocycles. The molecule has 1 aromatic rings. The van der Waals surface area contributed by atoms with E-state index in [1.807, 2.05) is 30.0 Å². The van der Waals surface area contributed by atoms with Gasteiger partial charge in [-0.25, -0.2) is 0 Å². The lowest BCUT2D eigenvalue weighted by molar-refractivity contribution is -0.133. The van der Waals surface area contributed by atoms with Gasteiger partial charge in [0, 0.05) is 24.9 Å². The Kier molecular flexibility index (Phi) is 2.92. The SMILES string of the molecule is Cc1ccc2c(c1)C(=O)CC1(CCC3C(C(=O)N4CCCC4)C31)O2. The molecular weight excluding hydrogens is 302 g/mol. The molecule has 5 rings (SSSR count). The van der Waals surface area contributed by atoms with E-state index in [9.17, 15) is 9.59 Å². The van der Waals surface area contributed by atoms with Crippen LogP contribution in [0.3, 0.4) is 0 Å². The number of ether oxygens (including phenoxy) is 1. The van der Waals surface area contributed by atoms with Gasteiger partial charge in [-0.3, -0.25) is 9.59 Å². The van der Waals surface area contributed by atoms with Gasteiger partial charge in [0.05, 0.1) is 12.0 Å². The van der Waals surface area contributed by atoms with E-state index in [1.54, 1.807) is 0 Å². The van der Waals surface area contributed by atoms with Crippen molar-refractivity contribution in [2.45, 2.75) is 44.6 Å². The number of fused-ring (bicyclic) bond motifs is 3. The number of carbonyl (C=O) groups is 2. The van der Waals surface area contributed by atoms with Crippen molar-refractivity contribution in [3.05, 3.63) is 29.3 Å². The summed E-state index contributed by atoms with van der Waals surface area (Å²) < 4.78 is 6.41. The minimum atomic E-state index is -0.427. The van der Waals surface area contributed by atoms with E-state index >= 15 is 0 Å². The van der Waals surface area contributed by atoms with Crippen molar-refractivity contribution >= 4 is 11.7 Å². The second-order valence-electron chi connectivity index (χ2n) is 8.05. The van der Waals surface area contributed by atoms with E-state index in [-0.39, 0.29) is 17.6 Å². The maximum atomic E-state index is 12.8. The molecule has 2 aliphatic heterocycles. The number of amides is 1. The molecule has 4 aliphatic rings. The third kappa shape index (κ3) is 1.92. The molecular formula is C20H23NO3. The summed E-state index contributed by atoms with van der Waals surface area (Å²) in [7, 11) is 0. The Balaban J connectivity index is 1.42. The van der Waals surface area contributed by atoms with E-state index in [0.717, 1.165) is 50.1 Å². The van der Waals surface area contributed by atoms with E-state index in [1.165, 1.54) is 0 Å². The Bertz CT molecular complexity index is 736. The summed E-state index contributed by atoms with van der Waals surface area (Å²) >= 11 is 0. The Labute approximate surface area is 142 Å². The topological polar surface area (TPSA) is 46.6 Å². The smallest absolute Gasteiger partial charge is 0.226 e. The fraction of sp³-hybridized carbons (Fsp3) is 0.600. The summed E-state index contributed by atoms with van der Waals surface area (Å²) in [5, 5.41) is 0. The fourth-order valence-electron chi connectivity index (χ4n) is 5.41. The maximum Gasteiger partial charge on any atom is 0.226 e. The van der Waals surface area contributed by atoms with Gasteiger partial charge in [-0.2, -0.15) is 0 Å². The summed E-state index contributed by atoms with van der Waals surface area (Å²) in [5.74, 6) is 1.97. The van der Waals surface area contributed by atoms with E-state index in [2.05, 4.69) is 0 Å². The zero-order chi connectivity index (χ0) is 16.5. The first kappa shape index (κ1) is 14.5. The second kappa shape index (κ2) is 4.84. The van der Waals surface area contributed by atoms with Crippen molar-refractivity contribution in [1.82, 2.24) is 4.90 Å². The van der Waals surface area contributed by atoms with Crippen LogP contribution in [0.25, 0.3) is 0 Å². The largest absolute Gasteiger partial charge is 0.486 e. The highest BCUT2D eigenvalue weighted by Gasteiger charge is 2.71. The van der Waals surface area contributed by atoms with Crippen LogP contribution >= 0.6 is 0 Å². The van der Waals surface area contributed by atoms with Crippen LogP contribution in [0, 0.1) is 24.7 Å². The highest BCUT2D eigenvalue weighted by atomic mass is 16.5. The molecule has 4 unspecified atom stereocenters. The van der Waals surface area contributed by atoms with Crippen molar-refractivity contribution in [3.63, 3.8) is 0 Å². The Morgan fingerprint density at radius 2 is 2.08 bits per heavy atom.